The Balaban J connectivity index is 5.71. The molecule has 0 radical (unpaired) electrons. The topological polar surface area (TPSA) is 0 Å². The van der Waals surface area contributed by atoms with Gasteiger partial charge in [0.1, 0.15) is 0 Å². The highest BCUT2D eigenvalue weighted by Crippen LogP contribution is 2.26. The van der Waals surface area contributed by atoms with Crippen LogP contribution in [0, 0.1) is 0 Å². The third-order valence-corrected chi connectivity index (χ3v) is 2.50. The quantitative estimate of drug-likeness (QED) is 0.538. The maximum atomic E-state index is 3.85. The lowest BCUT2D eigenvalue weighted by molar-refractivity contribution is 1.32. The van der Waals surface area contributed by atoms with Crippen LogP contribution in [0.4, 0.5) is 0 Å². The van der Waals surface area contributed by atoms with Crippen LogP contribution in [-0.4, -0.2) is 0 Å². The molecule has 0 N–H and O–H groups in total. The molecular formula is C17H22. The van der Waals surface area contributed by atoms with Gasteiger partial charge in [-0.05, 0) is 43.1 Å². The molecule has 0 unspecified atom stereocenters. The summed E-state index contributed by atoms with van der Waals surface area (Å²) in [6.45, 7) is 17.5. The van der Waals surface area contributed by atoms with Crippen molar-refractivity contribution in [2.24, 2.45) is 0 Å². The van der Waals surface area contributed by atoms with Crippen LogP contribution >= 0.6 is 0 Å². The maximum Gasteiger partial charge on any atom is -0.0116 e. The molecule has 0 heteroatoms. The van der Waals surface area contributed by atoms with Gasteiger partial charge < -0.3 is 0 Å². The molecule has 0 amide bonds. The van der Waals surface area contributed by atoms with Gasteiger partial charge in [0.15, 0.2) is 0 Å². The van der Waals surface area contributed by atoms with E-state index in [2.05, 4.69) is 32.7 Å². The Morgan fingerprint density at radius 1 is 0.824 bits per heavy atom. The summed E-state index contributed by atoms with van der Waals surface area (Å²) in [6.07, 6.45) is 13.6. The second kappa shape index (κ2) is 8.35. The van der Waals surface area contributed by atoms with E-state index in [1.165, 1.54) is 11.1 Å². The van der Waals surface area contributed by atoms with Crippen LogP contribution < -0.4 is 0 Å². The van der Waals surface area contributed by atoms with E-state index in [0.29, 0.717) is 0 Å². The minimum Gasteiger partial charge on any atom is -0.0991 e. The number of allylic oxidation sites excluding steroid dienone is 11. The fourth-order valence-corrected chi connectivity index (χ4v) is 1.70. The maximum absolute atomic E-state index is 3.85. The Bertz CT molecular complexity index is 409. The Hall–Kier alpha value is -1.82. The van der Waals surface area contributed by atoms with Crippen LogP contribution in [0.15, 0.2) is 84.6 Å². The monoisotopic (exact) mass is 226 g/mol. The van der Waals surface area contributed by atoms with Crippen molar-refractivity contribution in [3.05, 3.63) is 84.6 Å². The van der Waals surface area contributed by atoms with Crippen molar-refractivity contribution in [3.8, 4) is 0 Å². The molecule has 17 heavy (non-hydrogen) atoms. The van der Waals surface area contributed by atoms with E-state index in [1.54, 1.807) is 12.2 Å². The molecular weight excluding hydrogens is 204 g/mol. The summed E-state index contributed by atoms with van der Waals surface area (Å²) in [5, 5.41) is 0. The van der Waals surface area contributed by atoms with Crippen LogP contribution in [0.3, 0.4) is 0 Å². The molecule has 0 aromatic rings. The largest absolute Gasteiger partial charge is 0.0991 e. The van der Waals surface area contributed by atoms with Gasteiger partial charge >= 0.3 is 0 Å². The van der Waals surface area contributed by atoms with Gasteiger partial charge in [0, 0.05) is 0 Å². The third-order valence-electron chi connectivity index (χ3n) is 2.50. The summed E-state index contributed by atoms with van der Waals surface area (Å²) < 4.78 is 0. The van der Waals surface area contributed by atoms with Crippen molar-refractivity contribution in [2.45, 2.75) is 20.8 Å². The van der Waals surface area contributed by atoms with Gasteiger partial charge in [-0.15, -0.1) is 0 Å². The summed E-state index contributed by atoms with van der Waals surface area (Å²) >= 11 is 0. The van der Waals surface area contributed by atoms with E-state index in [1.807, 2.05) is 38.2 Å². The van der Waals surface area contributed by atoms with E-state index < -0.39 is 0 Å². The second-order valence-corrected chi connectivity index (χ2v) is 3.55. The first-order chi connectivity index (χ1) is 8.15. The second-order valence-electron chi connectivity index (χ2n) is 3.55. The van der Waals surface area contributed by atoms with Gasteiger partial charge in [-0.2, -0.15) is 0 Å². The van der Waals surface area contributed by atoms with Crippen LogP contribution in [0.25, 0.3) is 0 Å². The van der Waals surface area contributed by atoms with Gasteiger partial charge in [0.25, 0.3) is 0 Å². The molecule has 90 valence electrons. The van der Waals surface area contributed by atoms with Crippen molar-refractivity contribution >= 4 is 0 Å². The molecule has 0 bridgehead atoms. The first-order valence-electron chi connectivity index (χ1n) is 5.74. The molecule has 0 spiro atoms. The lowest BCUT2D eigenvalue weighted by Crippen LogP contribution is -1.94. The first-order valence-corrected chi connectivity index (χ1v) is 5.74. The summed E-state index contributed by atoms with van der Waals surface area (Å²) in [5.74, 6) is 0. The lowest BCUT2D eigenvalue weighted by Gasteiger charge is -2.13. The normalized spacial score (nSPS) is 14.5. The van der Waals surface area contributed by atoms with Crippen molar-refractivity contribution < 1.29 is 0 Å². The summed E-state index contributed by atoms with van der Waals surface area (Å²) in [7, 11) is 0. The Kier molecular flexibility index (Phi) is 7.45. The van der Waals surface area contributed by atoms with E-state index in [9.17, 15) is 0 Å². The third kappa shape index (κ3) is 4.28. The van der Waals surface area contributed by atoms with Crippen molar-refractivity contribution in [1.82, 2.24) is 0 Å². The van der Waals surface area contributed by atoms with Crippen molar-refractivity contribution in [3.63, 3.8) is 0 Å². The van der Waals surface area contributed by atoms with E-state index in [0.717, 1.165) is 11.1 Å². The minimum absolute atomic E-state index is 1.11. The smallest absolute Gasteiger partial charge is 0.0116 e. The molecule has 0 aliphatic rings. The fraction of sp³-hybridized carbons (Fsp3) is 0.176. The van der Waals surface area contributed by atoms with E-state index in [4.69, 9.17) is 0 Å². The summed E-state index contributed by atoms with van der Waals surface area (Å²) in [4.78, 5) is 0. The number of hydrogen-bond acceptors (Lipinski definition) is 0. The predicted octanol–water partition coefficient (Wildman–Crippen LogP) is 5.31. The first kappa shape index (κ1) is 15.2. The molecule has 0 aromatic carbocycles. The molecule has 0 aliphatic heterocycles. The summed E-state index contributed by atoms with van der Waals surface area (Å²) in [5.41, 5.74) is 4.60. The minimum atomic E-state index is 1.11. The number of rotatable bonds is 6. The zero-order valence-corrected chi connectivity index (χ0v) is 11.2. The zero-order valence-electron chi connectivity index (χ0n) is 11.2. The van der Waals surface area contributed by atoms with Gasteiger partial charge in [-0.25, -0.2) is 0 Å². The van der Waals surface area contributed by atoms with Crippen LogP contribution in [-0.2, 0) is 0 Å². The average Bonchev–Trinajstić information content (AvgIpc) is 2.32. The van der Waals surface area contributed by atoms with Crippen LogP contribution in [0.5, 0.6) is 0 Å². The summed E-state index contributed by atoms with van der Waals surface area (Å²) in [6, 6.07) is 0. The zero-order chi connectivity index (χ0) is 13.3. The van der Waals surface area contributed by atoms with Gasteiger partial charge in [-0.3, -0.25) is 0 Å². The predicted molar refractivity (Wildman–Crippen MR) is 79.9 cm³/mol. The van der Waals surface area contributed by atoms with Crippen LogP contribution in [0.2, 0.25) is 0 Å². The Morgan fingerprint density at radius 2 is 1.41 bits per heavy atom. The molecule has 0 aliphatic carbocycles. The number of hydrogen-bond donors (Lipinski definition) is 0. The lowest BCUT2D eigenvalue weighted by atomic mass is 9.91. The SMILES string of the molecule is C=C\C=C(C)/C(=C\C)C(=C/C=C)/C(C=C)=C\C. The Labute approximate surface area is 106 Å². The molecule has 0 saturated carbocycles. The molecule has 0 heterocycles. The highest BCUT2D eigenvalue weighted by atomic mass is 14.1. The standard InChI is InChI=1S/C17H22/c1-7-12-14(6)16(11-5)17(13-8-2)15(9-3)10-4/h7-13H,1-3H2,4-6H3/b14-12-,15-10-,16-11+,17-13+. The van der Waals surface area contributed by atoms with E-state index >= 15 is 0 Å². The average molecular weight is 226 g/mol. The van der Waals surface area contributed by atoms with Crippen molar-refractivity contribution in [2.75, 3.05) is 0 Å². The highest BCUT2D eigenvalue weighted by molar-refractivity contribution is 5.59. The molecule has 0 atom stereocenters. The molecule has 0 fully saturated rings. The Morgan fingerprint density at radius 3 is 1.76 bits per heavy atom. The molecule has 0 rings (SSSR count). The van der Waals surface area contributed by atoms with Gasteiger partial charge in [-0.1, -0.05) is 62.3 Å². The fourth-order valence-electron chi connectivity index (χ4n) is 1.70. The van der Waals surface area contributed by atoms with Gasteiger partial charge in [0.05, 0.1) is 0 Å². The molecule has 0 aromatic heterocycles. The highest BCUT2D eigenvalue weighted by Gasteiger charge is 2.07. The molecule has 0 saturated heterocycles. The molecule has 0 nitrogen and oxygen atoms in total. The van der Waals surface area contributed by atoms with Gasteiger partial charge in [0.2, 0.25) is 0 Å². The van der Waals surface area contributed by atoms with E-state index in [-0.39, 0.29) is 0 Å². The van der Waals surface area contributed by atoms with Crippen molar-refractivity contribution in [1.29, 1.82) is 0 Å². The van der Waals surface area contributed by atoms with Crippen LogP contribution in [0.1, 0.15) is 20.8 Å².